The summed E-state index contributed by atoms with van der Waals surface area (Å²) in [7, 11) is 0. The molecule has 52 heavy (non-hydrogen) atoms. The molecular weight excluding hydrogens is 688 g/mol. The third-order valence-corrected chi connectivity index (χ3v) is 10.2. The predicted octanol–water partition coefficient (Wildman–Crippen LogP) is 4.11. The fourth-order valence-corrected chi connectivity index (χ4v) is 7.41. The van der Waals surface area contributed by atoms with E-state index in [0.29, 0.717) is 47.6 Å². The van der Waals surface area contributed by atoms with Gasteiger partial charge in [-0.3, -0.25) is 24.1 Å². The smallest absolute Gasteiger partial charge is 0.326 e. The molecule has 3 aromatic carbocycles. The zero-order chi connectivity index (χ0) is 37.4. The molecule has 1 aliphatic heterocycles. The molecule has 1 saturated heterocycles. The number of carboxylic acid groups (broad SMARTS) is 1. The van der Waals surface area contributed by atoms with Crippen molar-refractivity contribution in [1.82, 2.24) is 15.5 Å². The van der Waals surface area contributed by atoms with Gasteiger partial charge in [-0.1, -0.05) is 79.0 Å². The van der Waals surface area contributed by atoms with E-state index in [2.05, 4.69) is 10.6 Å². The predicted molar refractivity (Wildman–Crippen MR) is 194 cm³/mol. The van der Waals surface area contributed by atoms with E-state index in [0.717, 1.165) is 18.4 Å². The summed E-state index contributed by atoms with van der Waals surface area (Å²) in [6.45, 7) is 1.74. The summed E-state index contributed by atoms with van der Waals surface area (Å²) in [6, 6.07) is 20.8. The van der Waals surface area contributed by atoms with Crippen LogP contribution in [0.15, 0.2) is 78.9 Å². The summed E-state index contributed by atoms with van der Waals surface area (Å²) in [4.78, 5) is 68.6. The van der Waals surface area contributed by atoms with Crippen LogP contribution >= 0.6 is 11.6 Å². The van der Waals surface area contributed by atoms with Crippen LogP contribution in [-0.2, 0) is 36.8 Å². The van der Waals surface area contributed by atoms with E-state index >= 15 is 0 Å². The molecule has 2 aliphatic rings. The lowest BCUT2D eigenvalue weighted by Crippen LogP contribution is -2.49. The van der Waals surface area contributed by atoms with Gasteiger partial charge >= 0.3 is 5.97 Å². The lowest BCUT2D eigenvalue weighted by molar-refractivity contribution is -0.144. The molecule has 0 spiro atoms. The van der Waals surface area contributed by atoms with Gasteiger partial charge in [-0.15, -0.1) is 0 Å². The summed E-state index contributed by atoms with van der Waals surface area (Å²) >= 11 is 6.21. The molecule has 1 aliphatic carbocycles. The molecule has 13 heteroatoms. The van der Waals surface area contributed by atoms with E-state index in [1.165, 1.54) is 16.7 Å². The average molecular weight is 733 g/mol. The number of hydrogen-bond donors (Lipinski definition) is 5. The number of nitrogens with zero attached hydrogens (tertiary/aromatic N) is 2. The number of carbonyl (C=O) groups is 5. The number of benzene rings is 3. The highest BCUT2D eigenvalue weighted by Crippen LogP contribution is 2.42. The molecule has 4 amide bonds. The Morgan fingerprint density at radius 3 is 2.17 bits per heavy atom. The first-order chi connectivity index (χ1) is 24.9. The number of hydrogen-bond acceptors (Lipinski definition) is 7. The van der Waals surface area contributed by atoms with Crippen LogP contribution in [0.1, 0.15) is 74.7 Å². The van der Waals surface area contributed by atoms with E-state index in [1.54, 1.807) is 48.5 Å². The number of aliphatic hydroxyl groups is 2. The number of carboxylic acids is 1. The Balaban J connectivity index is 1.42. The second-order valence-electron chi connectivity index (χ2n) is 13.6. The summed E-state index contributed by atoms with van der Waals surface area (Å²) in [5.74, 6) is -2.49. The van der Waals surface area contributed by atoms with Crippen LogP contribution in [0.4, 0.5) is 5.69 Å². The van der Waals surface area contributed by atoms with Crippen molar-refractivity contribution in [2.75, 3.05) is 11.4 Å². The minimum absolute atomic E-state index is 0.0115. The fraction of sp³-hybridized carbons (Fsp3) is 0.410. The van der Waals surface area contributed by atoms with Gasteiger partial charge in [0.15, 0.2) is 6.29 Å². The second-order valence-corrected chi connectivity index (χ2v) is 14.1. The first kappa shape index (κ1) is 38.5. The number of anilines is 1. The number of halogens is 1. The maximum absolute atomic E-state index is 14.4. The largest absolute Gasteiger partial charge is 0.480 e. The van der Waals surface area contributed by atoms with Crippen LogP contribution in [0.2, 0.25) is 5.02 Å². The lowest BCUT2D eigenvalue weighted by atomic mass is 9.81. The second kappa shape index (κ2) is 17.2. The Morgan fingerprint density at radius 2 is 1.58 bits per heavy atom. The van der Waals surface area contributed by atoms with Gasteiger partial charge in [-0.25, -0.2) is 4.79 Å². The standard InChI is InChI=1S/C39H45ClN4O8/c1-25(45)41-22-21-39(19-5-6-20-39)38(52)42-31(37(50)51)23-27-9-15-30(16-10-27)43-35(28-11-13-29(40)14-12-28)44(33(46)17-18-34(47)48)32(36(43)49)24-26-7-3-2-4-8-26/h2-4,7-16,31-32,34-35,47-48H,5-6,17-24H2,1H3,(H,41,45)(H,42,52)(H,50,51). The Kier molecular flexibility index (Phi) is 12.7. The Bertz CT molecular complexity index is 1730. The number of rotatable bonds is 15. The molecule has 0 radical (unpaired) electrons. The first-order valence-corrected chi connectivity index (χ1v) is 17.9. The minimum Gasteiger partial charge on any atom is -0.480 e. The molecule has 1 saturated carbocycles. The molecule has 3 aromatic rings. The number of aliphatic hydroxyl groups excluding tert-OH is 1. The SMILES string of the molecule is CC(=O)NCCC1(C(=O)NC(Cc2ccc(N3C(=O)C(Cc4ccccc4)N(C(=O)CCC(O)O)C3c3ccc(Cl)cc3)cc2)C(=O)O)CCCC1. The summed E-state index contributed by atoms with van der Waals surface area (Å²) < 4.78 is 0. The van der Waals surface area contributed by atoms with Gasteiger partial charge in [0, 0.05) is 49.9 Å². The molecule has 12 nitrogen and oxygen atoms in total. The van der Waals surface area contributed by atoms with Crippen molar-refractivity contribution in [2.45, 2.75) is 89.3 Å². The topological polar surface area (TPSA) is 177 Å². The number of carbonyl (C=O) groups excluding carboxylic acids is 4. The van der Waals surface area contributed by atoms with Gasteiger partial charge in [0.2, 0.25) is 17.7 Å². The van der Waals surface area contributed by atoms with Crippen molar-refractivity contribution in [3.63, 3.8) is 0 Å². The van der Waals surface area contributed by atoms with E-state index in [-0.39, 0.29) is 43.4 Å². The molecular formula is C39H45ClN4O8. The Morgan fingerprint density at radius 1 is 0.923 bits per heavy atom. The van der Waals surface area contributed by atoms with Crippen molar-refractivity contribution in [1.29, 1.82) is 0 Å². The molecule has 3 unspecified atom stereocenters. The normalized spacial score (nSPS) is 18.8. The first-order valence-electron chi connectivity index (χ1n) is 17.6. The molecule has 276 valence electrons. The molecule has 5 rings (SSSR count). The quantitative estimate of drug-likeness (QED) is 0.145. The summed E-state index contributed by atoms with van der Waals surface area (Å²) in [6.07, 6.45) is 0.551. The molecule has 1 heterocycles. The zero-order valence-corrected chi connectivity index (χ0v) is 29.8. The lowest BCUT2D eigenvalue weighted by Gasteiger charge is -2.32. The Labute approximate surface area is 307 Å². The van der Waals surface area contributed by atoms with Crippen LogP contribution in [0.5, 0.6) is 0 Å². The van der Waals surface area contributed by atoms with Gasteiger partial charge in [-0.05, 0) is 60.2 Å². The van der Waals surface area contributed by atoms with Crippen LogP contribution in [-0.4, -0.2) is 74.7 Å². The van der Waals surface area contributed by atoms with Crippen molar-refractivity contribution >= 4 is 46.9 Å². The maximum Gasteiger partial charge on any atom is 0.326 e. The third-order valence-electron chi connectivity index (χ3n) is 9.99. The van der Waals surface area contributed by atoms with Crippen LogP contribution in [0.3, 0.4) is 0 Å². The Hall–Kier alpha value is -4.78. The van der Waals surface area contributed by atoms with Crippen LogP contribution in [0, 0.1) is 5.41 Å². The maximum atomic E-state index is 14.4. The number of aliphatic carboxylic acids is 1. The van der Waals surface area contributed by atoms with Crippen molar-refractivity contribution in [2.24, 2.45) is 5.41 Å². The van der Waals surface area contributed by atoms with Crippen LogP contribution in [0.25, 0.3) is 0 Å². The average Bonchev–Trinajstić information content (AvgIpc) is 3.71. The molecule has 0 aromatic heterocycles. The van der Waals surface area contributed by atoms with Crippen molar-refractivity contribution < 1.29 is 39.3 Å². The van der Waals surface area contributed by atoms with Gasteiger partial charge in [0.05, 0.1) is 5.41 Å². The fourth-order valence-electron chi connectivity index (χ4n) is 7.28. The van der Waals surface area contributed by atoms with Crippen molar-refractivity contribution in [3.8, 4) is 0 Å². The van der Waals surface area contributed by atoms with E-state index in [9.17, 15) is 39.3 Å². The highest BCUT2D eigenvalue weighted by atomic mass is 35.5. The molecule has 0 bridgehead atoms. The number of amides is 4. The molecule has 5 N–H and O–H groups in total. The van der Waals surface area contributed by atoms with Crippen LogP contribution < -0.4 is 15.5 Å². The number of nitrogens with one attached hydrogen (secondary N) is 2. The molecule has 3 atom stereocenters. The minimum atomic E-state index is -1.70. The highest BCUT2D eigenvalue weighted by Gasteiger charge is 2.49. The van der Waals surface area contributed by atoms with Crippen molar-refractivity contribution in [3.05, 3.63) is 101 Å². The van der Waals surface area contributed by atoms with E-state index in [4.69, 9.17) is 11.6 Å². The zero-order valence-electron chi connectivity index (χ0n) is 29.0. The van der Waals surface area contributed by atoms with Gasteiger partial charge in [0.1, 0.15) is 18.2 Å². The summed E-state index contributed by atoms with van der Waals surface area (Å²) in [5, 5.41) is 35.2. The van der Waals surface area contributed by atoms with Gasteiger partial charge in [0.25, 0.3) is 5.91 Å². The van der Waals surface area contributed by atoms with Gasteiger partial charge < -0.3 is 30.9 Å². The van der Waals surface area contributed by atoms with E-state index < -0.39 is 41.8 Å². The highest BCUT2D eigenvalue weighted by molar-refractivity contribution is 6.30. The third kappa shape index (κ3) is 9.17. The summed E-state index contributed by atoms with van der Waals surface area (Å²) in [5.41, 5.74) is 1.77. The monoisotopic (exact) mass is 732 g/mol. The molecule has 2 fully saturated rings. The van der Waals surface area contributed by atoms with Gasteiger partial charge in [-0.2, -0.15) is 0 Å². The van der Waals surface area contributed by atoms with E-state index in [1.807, 2.05) is 30.3 Å².